The molecular formula is C12H16N2O5S. The van der Waals surface area contributed by atoms with Crippen LogP contribution in [0.1, 0.15) is 18.4 Å². The second kappa shape index (κ2) is 6.49. The summed E-state index contributed by atoms with van der Waals surface area (Å²) in [6, 6.07) is 2.24. The van der Waals surface area contributed by atoms with Gasteiger partial charge in [-0.05, 0) is 31.4 Å². The highest BCUT2D eigenvalue weighted by Crippen LogP contribution is 2.32. The average Bonchev–Trinajstić information content (AvgIpc) is 2.32. The van der Waals surface area contributed by atoms with E-state index in [2.05, 4.69) is 6.58 Å². The van der Waals surface area contributed by atoms with Crippen LogP contribution in [-0.4, -0.2) is 19.9 Å². The molecule has 1 aromatic rings. The number of sulfonamides is 1. The molecule has 0 saturated carbocycles. The molecular weight excluding hydrogens is 284 g/mol. The zero-order chi connectivity index (χ0) is 15.3. The maximum atomic E-state index is 11.3. The summed E-state index contributed by atoms with van der Waals surface area (Å²) in [5.74, 6) is 0.0314. The van der Waals surface area contributed by atoms with E-state index in [0.29, 0.717) is 12.0 Å². The molecule has 0 amide bonds. The van der Waals surface area contributed by atoms with Gasteiger partial charge in [-0.15, -0.1) is 6.58 Å². The van der Waals surface area contributed by atoms with Crippen LogP contribution in [0.3, 0.4) is 0 Å². The van der Waals surface area contributed by atoms with E-state index < -0.39 is 20.6 Å². The minimum Gasteiger partial charge on any atom is -0.487 e. The zero-order valence-electron chi connectivity index (χ0n) is 11.0. The third-order valence-electron chi connectivity index (χ3n) is 2.57. The second-order valence-electron chi connectivity index (χ2n) is 4.17. The van der Waals surface area contributed by atoms with Gasteiger partial charge in [0.1, 0.15) is 0 Å². The van der Waals surface area contributed by atoms with E-state index in [0.717, 1.165) is 12.5 Å². The molecule has 2 N–H and O–H groups in total. The molecule has 0 aliphatic rings. The number of benzene rings is 1. The summed E-state index contributed by atoms with van der Waals surface area (Å²) in [4.78, 5) is 10.0. The monoisotopic (exact) mass is 300 g/mol. The third-order valence-corrected chi connectivity index (χ3v) is 3.62. The van der Waals surface area contributed by atoms with Gasteiger partial charge in [0, 0.05) is 6.07 Å². The van der Waals surface area contributed by atoms with E-state index in [9.17, 15) is 18.5 Å². The highest BCUT2D eigenvalue weighted by molar-refractivity contribution is 7.89. The van der Waals surface area contributed by atoms with Crippen LogP contribution in [0.2, 0.25) is 0 Å². The van der Waals surface area contributed by atoms with Crippen LogP contribution < -0.4 is 9.88 Å². The highest BCUT2D eigenvalue weighted by Gasteiger charge is 2.22. The lowest BCUT2D eigenvalue weighted by Gasteiger charge is -2.09. The number of nitro benzene ring substituents is 1. The summed E-state index contributed by atoms with van der Waals surface area (Å²) in [7, 11) is -4.01. The van der Waals surface area contributed by atoms with Gasteiger partial charge in [0.15, 0.2) is 5.75 Å². The van der Waals surface area contributed by atoms with Gasteiger partial charge in [0.2, 0.25) is 10.0 Å². The molecule has 0 fully saturated rings. The number of hydrogen-bond donors (Lipinski definition) is 1. The fourth-order valence-corrected chi connectivity index (χ4v) is 2.41. The summed E-state index contributed by atoms with van der Waals surface area (Å²) in [6.07, 6.45) is 3.10. The van der Waals surface area contributed by atoms with Crippen molar-refractivity contribution in [2.24, 2.45) is 5.14 Å². The molecule has 0 atom stereocenters. The number of nitrogens with two attached hydrogens (primary N) is 1. The van der Waals surface area contributed by atoms with Gasteiger partial charge in [-0.1, -0.05) is 6.08 Å². The summed E-state index contributed by atoms with van der Waals surface area (Å²) >= 11 is 0. The highest BCUT2D eigenvalue weighted by atomic mass is 32.2. The molecule has 20 heavy (non-hydrogen) atoms. The SMILES string of the molecule is C=CCCCOc1cc(C)c(S(N)(=O)=O)cc1[N+](=O)[O-]. The van der Waals surface area contributed by atoms with E-state index in [1.807, 2.05) is 0 Å². The van der Waals surface area contributed by atoms with Crippen molar-refractivity contribution >= 4 is 15.7 Å². The fourth-order valence-electron chi connectivity index (χ4n) is 1.63. The summed E-state index contributed by atoms with van der Waals surface area (Å²) in [5.41, 5.74) is -0.116. The summed E-state index contributed by atoms with van der Waals surface area (Å²) in [5, 5.41) is 16.0. The Bertz CT molecular complexity index is 625. The molecule has 1 aromatic carbocycles. The van der Waals surface area contributed by atoms with Crippen LogP contribution in [0.4, 0.5) is 5.69 Å². The van der Waals surface area contributed by atoms with Crippen molar-refractivity contribution in [1.82, 2.24) is 0 Å². The van der Waals surface area contributed by atoms with Crippen molar-refractivity contribution in [3.05, 3.63) is 40.5 Å². The van der Waals surface area contributed by atoms with Crippen LogP contribution >= 0.6 is 0 Å². The molecule has 0 radical (unpaired) electrons. The Morgan fingerprint density at radius 1 is 1.50 bits per heavy atom. The van der Waals surface area contributed by atoms with Gasteiger partial charge in [0.25, 0.3) is 0 Å². The van der Waals surface area contributed by atoms with Gasteiger partial charge >= 0.3 is 5.69 Å². The Morgan fingerprint density at radius 3 is 2.65 bits per heavy atom. The number of ether oxygens (including phenoxy) is 1. The zero-order valence-corrected chi connectivity index (χ0v) is 11.9. The van der Waals surface area contributed by atoms with Crippen molar-refractivity contribution < 1.29 is 18.1 Å². The minimum atomic E-state index is -4.01. The summed E-state index contributed by atoms with van der Waals surface area (Å²) < 4.78 is 28.0. The number of hydrogen-bond acceptors (Lipinski definition) is 5. The number of nitro groups is 1. The van der Waals surface area contributed by atoms with E-state index in [1.54, 1.807) is 6.08 Å². The lowest BCUT2D eigenvalue weighted by atomic mass is 10.2. The van der Waals surface area contributed by atoms with Crippen LogP contribution in [0, 0.1) is 17.0 Å². The van der Waals surface area contributed by atoms with E-state index in [4.69, 9.17) is 9.88 Å². The van der Waals surface area contributed by atoms with E-state index in [1.165, 1.54) is 13.0 Å². The number of nitrogens with zero attached hydrogens (tertiary/aromatic N) is 1. The predicted octanol–water partition coefficient (Wildman–Crippen LogP) is 1.90. The molecule has 7 nitrogen and oxygen atoms in total. The lowest BCUT2D eigenvalue weighted by Crippen LogP contribution is -2.14. The molecule has 0 saturated heterocycles. The maximum Gasteiger partial charge on any atom is 0.312 e. The van der Waals surface area contributed by atoms with Crippen molar-refractivity contribution in [2.75, 3.05) is 6.61 Å². The lowest BCUT2D eigenvalue weighted by molar-refractivity contribution is -0.386. The van der Waals surface area contributed by atoms with Crippen LogP contribution in [0.15, 0.2) is 29.7 Å². The molecule has 0 unspecified atom stereocenters. The first kappa shape index (κ1) is 16.1. The molecule has 0 aliphatic carbocycles. The number of allylic oxidation sites excluding steroid dienone is 1. The summed E-state index contributed by atoms with van der Waals surface area (Å²) in [6.45, 7) is 5.34. The normalized spacial score (nSPS) is 11.1. The fraction of sp³-hybridized carbons (Fsp3) is 0.333. The third kappa shape index (κ3) is 4.04. The molecule has 0 spiro atoms. The Kier molecular flexibility index (Phi) is 5.23. The molecule has 110 valence electrons. The molecule has 0 aromatic heterocycles. The first-order valence-electron chi connectivity index (χ1n) is 5.83. The van der Waals surface area contributed by atoms with E-state index in [-0.39, 0.29) is 17.3 Å². The van der Waals surface area contributed by atoms with E-state index >= 15 is 0 Å². The number of unbranched alkanes of at least 4 members (excludes halogenated alkanes) is 1. The Labute approximate surface area is 117 Å². The Morgan fingerprint density at radius 2 is 2.15 bits per heavy atom. The smallest absolute Gasteiger partial charge is 0.312 e. The quantitative estimate of drug-likeness (QED) is 0.357. The van der Waals surface area contributed by atoms with Gasteiger partial charge < -0.3 is 4.74 Å². The molecule has 0 aliphatic heterocycles. The number of rotatable bonds is 7. The van der Waals surface area contributed by atoms with Crippen molar-refractivity contribution in [2.45, 2.75) is 24.7 Å². The minimum absolute atomic E-state index is 0.0314. The van der Waals surface area contributed by atoms with Gasteiger partial charge in [-0.2, -0.15) is 0 Å². The van der Waals surface area contributed by atoms with Gasteiger partial charge in [0.05, 0.1) is 16.4 Å². The molecule has 0 bridgehead atoms. The first-order chi connectivity index (χ1) is 9.27. The van der Waals surface area contributed by atoms with Crippen molar-refractivity contribution in [3.63, 3.8) is 0 Å². The largest absolute Gasteiger partial charge is 0.487 e. The molecule has 0 heterocycles. The number of aryl methyl sites for hydroxylation is 1. The Hall–Kier alpha value is -1.93. The predicted molar refractivity (Wildman–Crippen MR) is 74.1 cm³/mol. The number of primary sulfonamides is 1. The van der Waals surface area contributed by atoms with Crippen molar-refractivity contribution in [3.8, 4) is 5.75 Å². The van der Waals surface area contributed by atoms with Gasteiger partial charge in [-0.3, -0.25) is 10.1 Å². The average molecular weight is 300 g/mol. The van der Waals surface area contributed by atoms with Crippen LogP contribution in [0.25, 0.3) is 0 Å². The van der Waals surface area contributed by atoms with Gasteiger partial charge in [-0.25, -0.2) is 13.6 Å². The standard InChI is InChI=1S/C12H16N2O5S/c1-3-4-5-6-19-11-7-9(2)12(20(13,17)18)8-10(11)14(15)16/h3,7-8H,1,4-6H2,2H3,(H2,13,17,18). The van der Waals surface area contributed by atoms with Crippen molar-refractivity contribution in [1.29, 1.82) is 0 Å². The maximum absolute atomic E-state index is 11.3. The topological polar surface area (TPSA) is 113 Å². The molecule has 8 heteroatoms. The first-order valence-corrected chi connectivity index (χ1v) is 7.37. The second-order valence-corrected chi connectivity index (χ2v) is 5.70. The Balaban J connectivity index is 3.15. The van der Waals surface area contributed by atoms with Crippen LogP contribution in [-0.2, 0) is 10.0 Å². The molecule has 1 rings (SSSR count). The van der Waals surface area contributed by atoms with Crippen LogP contribution in [0.5, 0.6) is 5.75 Å².